The molecule has 0 bridgehead atoms. The van der Waals surface area contributed by atoms with Gasteiger partial charge in [-0.25, -0.2) is 14.4 Å². The van der Waals surface area contributed by atoms with Crippen molar-refractivity contribution in [3.63, 3.8) is 0 Å². The summed E-state index contributed by atoms with van der Waals surface area (Å²) in [6, 6.07) is 5.78. The molecule has 4 rings (SSSR count). The smallest absolute Gasteiger partial charge is 0.225 e. The van der Waals surface area contributed by atoms with Gasteiger partial charge in [-0.1, -0.05) is 6.07 Å². The molecule has 7 heteroatoms. The van der Waals surface area contributed by atoms with Crippen LogP contribution < -0.4 is 4.90 Å². The summed E-state index contributed by atoms with van der Waals surface area (Å²) in [6.07, 6.45) is 7.72. The number of halogens is 1. The molecular formula is C19H22FN5O. The zero-order chi connectivity index (χ0) is 18.0. The van der Waals surface area contributed by atoms with Gasteiger partial charge in [-0.05, 0) is 31.4 Å². The Balaban J connectivity index is 1.49. The predicted octanol–water partition coefficient (Wildman–Crippen LogP) is 2.42. The normalized spacial score (nSPS) is 23.5. The Bertz CT molecular complexity index is 769. The second-order valence-corrected chi connectivity index (χ2v) is 7.30. The van der Waals surface area contributed by atoms with Crippen LogP contribution >= 0.6 is 0 Å². The van der Waals surface area contributed by atoms with Crippen LogP contribution in [0.5, 0.6) is 0 Å². The van der Waals surface area contributed by atoms with Crippen LogP contribution in [-0.2, 0) is 11.3 Å². The maximum atomic E-state index is 13.1. The van der Waals surface area contributed by atoms with Crippen LogP contribution in [0.15, 0.2) is 36.8 Å². The van der Waals surface area contributed by atoms with Gasteiger partial charge in [0.1, 0.15) is 0 Å². The van der Waals surface area contributed by atoms with Gasteiger partial charge in [0.2, 0.25) is 11.9 Å². The number of pyridine rings is 1. The van der Waals surface area contributed by atoms with Gasteiger partial charge in [0.05, 0.1) is 24.6 Å². The average Bonchev–Trinajstić information content (AvgIpc) is 2.67. The molecule has 1 amide bonds. The lowest BCUT2D eigenvalue weighted by Gasteiger charge is -2.48. The van der Waals surface area contributed by atoms with E-state index in [1.807, 2.05) is 23.1 Å². The first-order valence-electron chi connectivity index (χ1n) is 9.04. The van der Waals surface area contributed by atoms with E-state index in [2.05, 4.69) is 19.9 Å². The molecule has 0 N–H and O–H groups in total. The Labute approximate surface area is 152 Å². The van der Waals surface area contributed by atoms with Crippen molar-refractivity contribution in [2.24, 2.45) is 5.41 Å². The molecule has 26 heavy (non-hydrogen) atoms. The summed E-state index contributed by atoms with van der Waals surface area (Å²) in [5, 5.41) is 0. The number of aromatic nitrogens is 3. The first-order chi connectivity index (χ1) is 12.6. The van der Waals surface area contributed by atoms with Crippen LogP contribution in [0.3, 0.4) is 0 Å². The molecule has 1 atom stereocenters. The van der Waals surface area contributed by atoms with Crippen molar-refractivity contribution in [3.8, 4) is 0 Å². The van der Waals surface area contributed by atoms with E-state index >= 15 is 0 Å². The maximum absolute atomic E-state index is 13.1. The standard InChI is InChI=1S/C19H22FN5O/c20-15-10-22-18(23-11-15)24-9-3-6-19(13-24)7-5-17(26)25(14-19)12-16-4-1-2-8-21-16/h1-2,4,8,10-11H,3,5-7,9,12-14H2. The third-order valence-electron chi connectivity index (χ3n) is 5.38. The summed E-state index contributed by atoms with van der Waals surface area (Å²) in [6.45, 7) is 2.93. The number of anilines is 1. The second kappa shape index (κ2) is 6.97. The van der Waals surface area contributed by atoms with Crippen molar-refractivity contribution in [2.75, 3.05) is 24.5 Å². The lowest BCUT2D eigenvalue weighted by atomic mass is 9.73. The fourth-order valence-corrected chi connectivity index (χ4v) is 4.11. The number of piperidine rings is 2. The molecule has 0 aromatic carbocycles. The summed E-state index contributed by atoms with van der Waals surface area (Å²) < 4.78 is 13.1. The number of rotatable bonds is 3. The third kappa shape index (κ3) is 3.52. The number of likely N-dealkylation sites (tertiary alicyclic amines) is 1. The quantitative estimate of drug-likeness (QED) is 0.846. The van der Waals surface area contributed by atoms with Gasteiger partial charge in [-0.2, -0.15) is 0 Å². The molecule has 2 saturated heterocycles. The van der Waals surface area contributed by atoms with E-state index < -0.39 is 5.82 Å². The van der Waals surface area contributed by atoms with Crippen LogP contribution in [0.2, 0.25) is 0 Å². The van der Waals surface area contributed by atoms with E-state index in [0.29, 0.717) is 18.9 Å². The van der Waals surface area contributed by atoms with Crippen LogP contribution in [0, 0.1) is 11.2 Å². The van der Waals surface area contributed by atoms with Gasteiger partial charge in [0.15, 0.2) is 5.82 Å². The topological polar surface area (TPSA) is 62.2 Å². The van der Waals surface area contributed by atoms with Gasteiger partial charge in [0.25, 0.3) is 0 Å². The number of carbonyl (C=O) groups excluding carboxylic acids is 1. The molecule has 2 aromatic heterocycles. The molecule has 1 unspecified atom stereocenters. The monoisotopic (exact) mass is 355 g/mol. The summed E-state index contributed by atoms with van der Waals surface area (Å²) in [4.78, 5) is 29.1. The van der Waals surface area contributed by atoms with Gasteiger partial charge >= 0.3 is 0 Å². The number of carbonyl (C=O) groups is 1. The molecule has 2 fully saturated rings. The SMILES string of the molecule is O=C1CCC2(CCCN(c3ncc(F)cn3)C2)CN1Cc1ccccn1. The van der Waals surface area contributed by atoms with Gasteiger partial charge in [0, 0.05) is 37.7 Å². The minimum atomic E-state index is -0.426. The first kappa shape index (κ1) is 16.9. The molecule has 0 saturated carbocycles. The van der Waals surface area contributed by atoms with E-state index in [-0.39, 0.29) is 11.3 Å². The highest BCUT2D eigenvalue weighted by Crippen LogP contribution is 2.39. The van der Waals surface area contributed by atoms with Crippen LogP contribution in [0.25, 0.3) is 0 Å². The second-order valence-electron chi connectivity index (χ2n) is 7.30. The molecule has 136 valence electrons. The Morgan fingerprint density at radius 2 is 1.96 bits per heavy atom. The molecule has 2 aliphatic heterocycles. The molecule has 0 aliphatic carbocycles. The van der Waals surface area contributed by atoms with Gasteiger partial charge in [-0.3, -0.25) is 9.78 Å². The number of hydrogen-bond donors (Lipinski definition) is 0. The molecule has 1 spiro atoms. The minimum Gasteiger partial charge on any atom is -0.340 e. The number of amides is 1. The number of nitrogens with zero attached hydrogens (tertiary/aromatic N) is 5. The van der Waals surface area contributed by atoms with E-state index in [1.165, 1.54) is 12.4 Å². The van der Waals surface area contributed by atoms with Crippen molar-refractivity contribution < 1.29 is 9.18 Å². The highest BCUT2D eigenvalue weighted by molar-refractivity contribution is 5.77. The zero-order valence-electron chi connectivity index (χ0n) is 14.6. The van der Waals surface area contributed by atoms with Crippen molar-refractivity contribution in [1.29, 1.82) is 0 Å². The molecule has 2 aromatic rings. The number of hydrogen-bond acceptors (Lipinski definition) is 5. The average molecular weight is 355 g/mol. The zero-order valence-corrected chi connectivity index (χ0v) is 14.6. The van der Waals surface area contributed by atoms with E-state index in [1.54, 1.807) is 6.20 Å². The van der Waals surface area contributed by atoms with Crippen LogP contribution in [-0.4, -0.2) is 45.4 Å². The van der Waals surface area contributed by atoms with Gasteiger partial charge < -0.3 is 9.80 Å². The summed E-state index contributed by atoms with van der Waals surface area (Å²) in [5.74, 6) is 0.334. The van der Waals surface area contributed by atoms with Crippen molar-refractivity contribution in [1.82, 2.24) is 19.9 Å². The van der Waals surface area contributed by atoms with Gasteiger partial charge in [-0.15, -0.1) is 0 Å². The van der Waals surface area contributed by atoms with E-state index in [9.17, 15) is 9.18 Å². The molecule has 4 heterocycles. The Kier molecular flexibility index (Phi) is 4.53. The van der Waals surface area contributed by atoms with E-state index in [0.717, 1.165) is 44.6 Å². The fraction of sp³-hybridized carbons (Fsp3) is 0.474. The predicted molar refractivity (Wildman–Crippen MR) is 94.8 cm³/mol. The molecule has 6 nitrogen and oxygen atoms in total. The summed E-state index contributed by atoms with van der Waals surface area (Å²) in [7, 11) is 0. The maximum Gasteiger partial charge on any atom is 0.225 e. The molecule has 0 radical (unpaired) electrons. The van der Waals surface area contributed by atoms with Crippen molar-refractivity contribution in [2.45, 2.75) is 32.2 Å². The largest absolute Gasteiger partial charge is 0.340 e. The van der Waals surface area contributed by atoms with Crippen LogP contribution in [0.1, 0.15) is 31.4 Å². The molecular weight excluding hydrogens is 333 g/mol. The highest BCUT2D eigenvalue weighted by atomic mass is 19.1. The lowest BCUT2D eigenvalue weighted by molar-refractivity contribution is -0.138. The summed E-state index contributed by atoms with van der Waals surface area (Å²) >= 11 is 0. The van der Waals surface area contributed by atoms with Crippen molar-refractivity contribution in [3.05, 3.63) is 48.3 Å². The fourth-order valence-electron chi connectivity index (χ4n) is 4.11. The van der Waals surface area contributed by atoms with Crippen molar-refractivity contribution >= 4 is 11.9 Å². The Hall–Kier alpha value is -2.57. The van der Waals surface area contributed by atoms with E-state index in [4.69, 9.17) is 0 Å². The lowest BCUT2D eigenvalue weighted by Crippen LogP contribution is -2.54. The van der Waals surface area contributed by atoms with Crippen LogP contribution in [0.4, 0.5) is 10.3 Å². The first-order valence-corrected chi connectivity index (χ1v) is 9.04. The minimum absolute atomic E-state index is 0.0404. The summed E-state index contributed by atoms with van der Waals surface area (Å²) in [5.41, 5.74) is 0.950. The Morgan fingerprint density at radius 3 is 2.73 bits per heavy atom. The highest BCUT2D eigenvalue weighted by Gasteiger charge is 2.42. The Morgan fingerprint density at radius 1 is 1.12 bits per heavy atom. The third-order valence-corrected chi connectivity index (χ3v) is 5.38. The molecule has 2 aliphatic rings.